The normalized spacial score (nSPS) is 10.1. The molecule has 6 nitrogen and oxygen atoms in total. The molecule has 0 saturated heterocycles. The van der Waals surface area contributed by atoms with Crippen LogP contribution in [0.5, 0.6) is 5.75 Å². The number of anilines is 1. The second-order valence-corrected chi connectivity index (χ2v) is 3.07. The summed E-state index contributed by atoms with van der Waals surface area (Å²) >= 11 is 0. The van der Waals surface area contributed by atoms with E-state index in [0.29, 0.717) is 30.4 Å². The van der Waals surface area contributed by atoms with E-state index in [1.807, 2.05) is 12.1 Å². The van der Waals surface area contributed by atoms with Crippen molar-refractivity contribution >= 4 is 5.82 Å². The van der Waals surface area contributed by atoms with Crippen LogP contribution >= 0.6 is 0 Å². The molecule has 0 aliphatic heterocycles. The first-order valence-corrected chi connectivity index (χ1v) is 4.88. The highest BCUT2D eigenvalue weighted by Gasteiger charge is 2.03. The lowest BCUT2D eigenvalue weighted by Gasteiger charge is -2.07. The van der Waals surface area contributed by atoms with E-state index in [4.69, 9.17) is 9.26 Å². The third-order valence-corrected chi connectivity index (χ3v) is 2.03. The molecule has 0 bridgehead atoms. The quantitative estimate of drug-likeness (QED) is 0.814. The largest absolute Gasteiger partial charge is 0.493 e. The predicted molar refractivity (Wildman–Crippen MR) is 57.3 cm³/mol. The van der Waals surface area contributed by atoms with E-state index >= 15 is 0 Å². The minimum Gasteiger partial charge on any atom is -0.493 e. The third kappa shape index (κ3) is 2.47. The fourth-order valence-electron chi connectivity index (χ4n) is 1.28. The standard InChI is InChI=1S/C10H12N4O2/c1-15-8-3-2-5-11-10(8)12-6-4-9-13-7-14-16-9/h2-3,5,7H,4,6H2,1H3,(H,11,12). The summed E-state index contributed by atoms with van der Waals surface area (Å²) in [7, 11) is 1.61. The number of pyridine rings is 1. The van der Waals surface area contributed by atoms with E-state index in [2.05, 4.69) is 20.4 Å². The smallest absolute Gasteiger partial charge is 0.228 e. The lowest BCUT2D eigenvalue weighted by molar-refractivity contribution is 0.379. The van der Waals surface area contributed by atoms with E-state index in [1.165, 1.54) is 6.33 Å². The molecule has 2 rings (SSSR count). The van der Waals surface area contributed by atoms with Crippen molar-refractivity contribution in [1.82, 2.24) is 15.1 Å². The molecule has 1 N–H and O–H groups in total. The first-order valence-electron chi connectivity index (χ1n) is 4.88. The van der Waals surface area contributed by atoms with Gasteiger partial charge in [-0.2, -0.15) is 4.98 Å². The maximum absolute atomic E-state index is 5.16. The van der Waals surface area contributed by atoms with Crippen LogP contribution in [0.4, 0.5) is 5.82 Å². The van der Waals surface area contributed by atoms with Crippen molar-refractivity contribution in [3.8, 4) is 5.75 Å². The molecular formula is C10H12N4O2. The summed E-state index contributed by atoms with van der Waals surface area (Å²) in [5, 5.41) is 6.67. The highest BCUT2D eigenvalue weighted by atomic mass is 16.5. The lowest BCUT2D eigenvalue weighted by Crippen LogP contribution is -2.07. The molecule has 0 spiro atoms. The molecule has 2 aromatic heterocycles. The van der Waals surface area contributed by atoms with Crippen LogP contribution in [0.15, 0.2) is 29.2 Å². The Balaban J connectivity index is 1.89. The predicted octanol–water partition coefficient (Wildman–Crippen LogP) is 1.13. The van der Waals surface area contributed by atoms with Gasteiger partial charge in [0, 0.05) is 19.2 Å². The van der Waals surface area contributed by atoms with Gasteiger partial charge in [0.1, 0.15) is 0 Å². The topological polar surface area (TPSA) is 73.1 Å². The highest BCUT2D eigenvalue weighted by molar-refractivity contribution is 5.49. The summed E-state index contributed by atoms with van der Waals surface area (Å²) in [6.45, 7) is 0.662. The Bertz CT molecular complexity index is 430. The van der Waals surface area contributed by atoms with Gasteiger partial charge in [0.25, 0.3) is 0 Å². The number of nitrogens with one attached hydrogen (secondary N) is 1. The van der Waals surface area contributed by atoms with Crippen LogP contribution in [0.25, 0.3) is 0 Å². The third-order valence-electron chi connectivity index (χ3n) is 2.03. The van der Waals surface area contributed by atoms with Crippen LogP contribution in [-0.4, -0.2) is 28.8 Å². The molecule has 0 fully saturated rings. The molecule has 0 saturated carbocycles. The Morgan fingerprint density at radius 2 is 2.38 bits per heavy atom. The highest BCUT2D eigenvalue weighted by Crippen LogP contribution is 2.19. The first kappa shape index (κ1) is 10.4. The SMILES string of the molecule is COc1cccnc1NCCc1ncno1. The molecule has 16 heavy (non-hydrogen) atoms. The van der Waals surface area contributed by atoms with E-state index in [0.717, 1.165) is 0 Å². The second-order valence-electron chi connectivity index (χ2n) is 3.07. The summed E-state index contributed by atoms with van der Waals surface area (Å²) in [5.74, 6) is 2.03. The van der Waals surface area contributed by atoms with E-state index in [1.54, 1.807) is 13.3 Å². The average Bonchev–Trinajstić information content (AvgIpc) is 2.83. The average molecular weight is 220 g/mol. The van der Waals surface area contributed by atoms with Crippen LogP contribution < -0.4 is 10.1 Å². The van der Waals surface area contributed by atoms with Crippen molar-refractivity contribution in [1.29, 1.82) is 0 Å². The Morgan fingerprint density at radius 3 is 3.12 bits per heavy atom. The minimum atomic E-state index is 0.599. The Labute approximate surface area is 92.7 Å². The van der Waals surface area contributed by atoms with Crippen molar-refractivity contribution < 1.29 is 9.26 Å². The van der Waals surface area contributed by atoms with Crippen LogP contribution in [0, 0.1) is 0 Å². The number of ether oxygens (including phenoxy) is 1. The first-order chi connectivity index (χ1) is 7.90. The Morgan fingerprint density at radius 1 is 1.44 bits per heavy atom. The molecule has 0 atom stereocenters. The number of aromatic nitrogens is 3. The van der Waals surface area contributed by atoms with Gasteiger partial charge in [-0.1, -0.05) is 5.16 Å². The summed E-state index contributed by atoms with van der Waals surface area (Å²) in [4.78, 5) is 8.09. The molecule has 0 aromatic carbocycles. The van der Waals surface area contributed by atoms with Gasteiger partial charge in [0.05, 0.1) is 7.11 Å². The van der Waals surface area contributed by atoms with Crippen molar-refractivity contribution in [3.05, 3.63) is 30.5 Å². The van der Waals surface area contributed by atoms with E-state index < -0.39 is 0 Å². The zero-order valence-electron chi connectivity index (χ0n) is 8.88. The molecule has 0 radical (unpaired) electrons. The van der Waals surface area contributed by atoms with Gasteiger partial charge in [-0.25, -0.2) is 4.98 Å². The fraction of sp³-hybridized carbons (Fsp3) is 0.300. The van der Waals surface area contributed by atoms with Crippen molar-refractivity contribution in [2.75, 3.05) is 19.0 Å². The van der Waals surface area contributed by atoms with Crippen LogP contribution in [-0.2, 0) is 6.42 Å². The van der Waals surface area contributed by atoms with Crippen LogP contribution in [0.1, 0.15) is 5.89 Å². The fourth-order valence-corrected chi connectivity index (χ4v) is 1.28. The number of hydrogen-bond acceptors (Lipinski definition) is 6. The summed E-state index contributed by atoms with van der Waals surface area (Å²) < 4.78 is 10.0. The number of rotatable bonds is 5. The molecule has 2 aromatic rings. The van der Waals surface area contributed by atoms with Gasteiger partial charge in [0.2, 0.25) is 5.89 Å². The molecule has 84 valence electrons. The minimum absolute atomic E-state index is 0.599. The maximum Gasteiger partial charge on any atom is 0.228 e. The van der Waals surface area contributed by atoms with Gasteiger partial charge in [-0.3, -0.25) is 0 Å². The number of nitrogens with zero attached hydrogens (tertiary/aromatic N) is 3. The summed E-state index contributed by atoms with van der Waals surface area (Å²) in [6.07, 6.45) is 3.74. The van der Waals surface area contributed by atoms with Crippen molar-refractivity contribution in [3.63, 3.8) is 0 Å². The summed E-state index contributed by atoms with van der Waals surface area (Å²) in [5.41, 5.74) is 0. The van der Waals surface area contributed by atoms with Gasteiger partial charge in [-0.05, 0) is 12.1 Å². The molecular weight excluding hydrogens is 208 g/mol. The van der Waals surface area contributed by atoms with E-state index in [-0.39, 0.29) is 0 Å². The second kappa shape index (κ2) is 5.11. The molecule has 2 heterocycles. The van der Waals surface area contributed by atoms with Gasteiger partial charge in [0.15, 0.2) is 17.9 Å². The molecule has 0 amide bonds. The van der Waals surface area contributed by atoms with Crippen LogP contribution in [0.3, 0.4) is 0 Å². The lowest BCUT2D eigenvalue weighted by atomic mass is 10.4. The molecule has 0 aliphatic carbocycles. The Kier molecular flexibility index (Phi) is 3.32. The summed E-state index contributed by atoms with van der Waals surface area (Å²) in [6, 6.07) is 3.67. The Hall–Kier alpha value is -2.11. The number of hydrogen-bond donors (Lipinski definition) is 1. The monoisotopic (exact) mass is 220 g/mol. The van der Waals surface area contributed by atoms with E-state index in [9.17, 15) is 0 Å². The zero-order chi connectivity index (χ0) is 11.2. The van der Waals surface area contributed by atoms with Crippen molar-refractivity contribution in [2.24, 2.45) is 0 Å². The van der Waals surface area contributed by atoms with Gasteiger partial charge in [-0.15, -0.1) is 0 Å². The number of methoxy groups -OCH3 is 1. The van der Waals surface area contributed by atoms with Crippen LogP contribution in [0.2, 0.25) is 0 Å². The van der Waals surface area contributed by atoms with Gasteiger partial charge >= 0.3 is 0 Å². The molecule has 6 heteroatoms. The zero-order valence-corrected chi connectivity index (χ0v) is 8.88. The van der Waals surface area contributed by atoms with Gasteiger partial charge < -0.3 is 14.6 Å². The molecule has 0 aliphatic rings. The maximum atomic E-state index is 5.16. The van der Waals surface area contributed by atoms with Crippen molar-refractivity contribution in [2.45, 2.75) is 6.42 Å². The molecule has 0 unspecified atom stereocenters.